The summed E-state index contributed by atoms with van der Waals surface area (Å²) in [4.78, 5) is 11.1. The molecule has 0 spiro atoms. The van der Waals surface area contributed by atoms with Gasteiger partial charge in [-0.15, -0.1) is 20.4 Å². The molecule has 0 unspecified atom stereocenters. The first kappa shape index (κ1) is 19.6. The number of anilines is 1. The number of nitrogens with zero attached hydrogens (tertiary/aromatic N) is 4. The molecule has 0 atom stereocenters. The highest BCUT2D eigenvalue weighted by Gasteiger charge is 2.15. The number of carbonyl (C=O) groups excluding carboxylic acids is 1. The topological polar surface area (TPSA) is 116 Å². The molecule has 2 aromatic heterocycles. The van der Waals surface area contributed by atoms with Gasteiger partial charge in [-0.05, 0) is 36.4 Å². The van der Waals surface area contributed by atoms with Gasteiger partial charge in [0.25, 0.3) is 11.1 Å². The molecule has 4 rings (SSSR count). The maximum atomic E-state index is 11.1. The number of nitrogens with one attached hydrogen (secondary N) is 1. The molecule has 4 aromatic rings. The fourth-order valence-corrected chi connectivity index (χ4v) is 3.25. The number of methoxy groups -OCH3 is 1. The van der Waals surface area contributed by atoms with Crippen LogP contribution in [0.15, 0.2) is 62.6 Å². The largest absolute Gasteiger partial charge is 0.496 e. The van der Waals surface area contributed by atoms with Gasteiger partial charge in [-0.3, -0.25) is 4.79 Å². The second kappa shape index (κ2) is 8.78. The molecule has 0 saturated carbocycles. The zero-order valence-corrected chi connectivity index (χ0v) is 17.0. The van der Waals surface area contributed by atoms with Crippen molar-refractivity contribution in [2.75, 3.05) is 12.4 Å². The Morgan fingerprint density at radius 2 is 1.77 bits per heavy atom. The Balaban J connectivity index is 1.40. The Morgan fingerprint density at radius 1 is 1.00 bits per heavy atom. The van der Waals surface area contributed by atoms with Crippen molar-refractivity contribution in [3.8, 4) is 28.7 Å². The molecule has 0 aliphatic heterocycles. The lowest BCUT2D eigenvalue weighted by molar-refractivity contribution is -0.114. The Hall–Kier alpha value is -3.66. The number of amides is 1. The fourth-order valence-electron chi connectivity index (χ4n) is 2.65. The van der Waals surface area contributed by atoms with Gasteiger partial charge in [0.05, 0.1) is 18.4 Å². The van der Waals surface area contributed by atoms with Crippen LogP contribution in [0.2, 0.25) is 0 Å². The normalized spacial score (nSPS) is 10.7. The Labute approximate surface area is 175 Å². The van der Waals surface area contributed by atoms with E-state index in [2.05, 4.69) is 25.7 Å². The molecule has 9 nitrogen and oxygen atoms in total. The first-order valence-corrected chi connectivity index (χ1v) is 9.91. The third kappa shape index (κ3) is 4.49. The minimum atomic E-state index is -0.130. The number of benzene rings is 2. The molecule has 0 radical (unpaired) electrons. The summed E-state index contributed by atoms with van der Waals surface area (Å²) in [5.74, 6) is 2.10. The summed E-state index contributed by atoms with van der Waals surface area (Å²) >= 11 is 1.29. The molecular formula is C20H17N5O4S. The lowest BCUT2D eigenvalue weighted by atomic mass is 10.2. The molecule has 2 aromatic carbocycles. The standard InChI is InChI=1S/C20H17N5O4S/c1-12(26)21-14-9-7-13(8-10-14)18-23-25-20(29-18)30-11-17-22-24-19(28-17)15-5-3-4-6-16(15)27-2/h3-10H,11H2,1-2H3,(H,21,26). The van der Waals surface area contributed by atoms with E-state index in [4.69, 9.17) is 13.6 Å². The van der Waals surface area contributed by atoms with Crippen LogP contribution in [0.3, 0.4) is 0 Å². The number of para-hydroxylation sites is 1. The Morgan fingerprint density at radius 3 is 2.53 bits per heavy atom. The van der Waals surface area contributed by atoms with Gasteiger partial charge in [0, 0.05) is 18.2 Å². The predicted octanol–water partition coefficient (Wildman–Crippen LogP) is 4.05. The molecule has 1 amide bonds. The predicted molar refractivity (Wildman–Crippen MR) is 110 cm³/mol. The third-order valence-corrected chi connectivity index (χ3v) is 4.79. The fraction of sp³-hybridized carbons (Fsp3) is 0.150. The van der Waals surface area contributed by atoms with Gasteiger partial charge in [-0.25, -0.2) is 0 Å². The minimum absolute atomic E-state index is 0.130. The van der Waals surface area contributed by atoms with Gasteiger partial charge >= 0.3 is 0 Å². The number of ether oxygens (including phenoxy) is 1. The highest BCUT2D eigenvalue weighted by molar-refractivity contribution is 7.98. The number of hydrogen-bond acceptors (Lipinski definition) is 9. The summed E-state index contributed by atoms with van der Waals surface area (Å²) in [7, 11) is 1.59. The molecule has 0 aliphatic rings. The van der Waals surface area contributed by atoms with E-state index in [0.29, 0.717) is 40.1 Å². The van der Waals surface area contributed by atoms with Crippen molar-refractivity contribution in [3.05, 3.63) is 54.4 Å². The molecule has 152 valence electrons. The van der Waals surface area contributed by atoms with Gasteiger partial charge in [0.15, 0.2) is 0 Å². The van der Waals surface area contributed by atoms with Crippen LogP contribution in [-0.4, -0.2) is 33.4 Å². The number of rotatable bonds is 7. The SMILES string of the molecule is COc1ccccc1-c1nnc(CSc2nnc(-c3ccc(NC(C)=O)cc3)o2)o1. The molecule has 2 heterocycles. The molecule has 30 heavy (non-hydrogen) atoms. The average molecular weight is 423 g/mol. The quantitative estimate of drug-likeness (QED) is 0.439. The van der Waals surface area contributed by atoms with Gasteiger partial charge in [0.2, 0.25) is 17.7 Å². The van der Waals surface area contributed by atoms with E-state index in [9.17, 15) is 4.79 Å². The van der Waals surface area contributed by atoms with Crippen LogP contribution in [0.1, 0.15) is 12.8 Å². The zero-order chi connectivity index (χ0) is 20.9. The summed E-state index contributed by atoms with van der Waals surface area (Å²) < 4.78 is 16.7. The van der Waals surface area contributed by atoms with Crippen molar-refractivity contribution in [1.29, 1.82) is 0 Å². The molecule has 10 heteroatoms. The molecule has 1 N–H and O–H groups in total. The van der Waals surface area contributed by atoms with Crippen LogP contribution >= 0.6 is 11.8 Å². The Bertz CT molecular complexity index is 1160. The second-order valence-electron chi connectivity index (χ2n) is 6.12. The third-order valence-electron chi connectivity index (χ3n) is 3.98. The maximum absolute atomic E-state index is 11.1. The van der Waals surface area contributed by atoms with E-state index in [1.807, 2.05) is 24.3 Å². The van der Waals surface area contributed by atoms with E-state index >= 15 is 0 Å². The Kier molecular flexibility index (Phi) is 5.75. The van der Waals surface area contributed by atoms with E-state index in [1.54, 1.807) is 31.4 Å². The van der Waals surface area contributed by atoms with Crippen LogP contribution in [0.4, 0.5) is 5.69 Å². The van der Waals surface area contributed by atoms with Gasteiger partial charge in [0.1, 0.15) is 5.75 Å². The minimum Gasteiger partial charge on any atom is -0.496 e. The number of thioether (sulfide) groups is 1. The molecule has 0 aliphatic carbocycles. The molecular weight excluding hydrogens is 406 g/mol. The van der Waals surface area contributed by atoms with Crippen LogP contribution in [-0.2, 0) is 10.5 Å². The van der Waals surface area contributed by atoms with Crippen LogP contribution in [0.5, 0.6) is 5.75 Å². The number of hydrogen-bond donors (Lipinski definition) is 1. The zero-order valence-electron chi connectivity index (χ0n) is 16.2. The molecule has 0 fully saturated rings. The summed E-state index contributed by atoms with van der Waals surface area (Å²) in [5.41, 5.74) is 2.17. The van der Waals surface area contributed by atoms with Gasteiger partial charge < -0.3 is 18.9 Å². The summed E-state index contributed by atoms with van der Waals surface area (Å²) in [5, 5.41) is 19.3. The lowest BCUT2D eigenvalue weighted by Gasteiger charge is -2.03. The van der Waals surface area contributed by atoms with E-state index < -0.39 is 0 Å². The van der Waals surface area contributed by atoms with E-state index in [-0.39, 0.29) is 5.91 Å². The first-order valence-electron chi connectivity index (χ1n) is 8.92. The van der Waals surface area contributed by atoms with Crippen molar-refractivity contribution in [2.24, 2.45) is 0 Å². The molecule has 0 bridgehead atoms. The van der Waals surface area contributed by atoms with Gasteiger partial charge in [-0.1, -0.05) is 23.9 Å². The monoisotopic (exact) mass is 423 g/mol. The van der Waals surface area contributed by atoms with Crippen molar-refractivity contribution in [2.45, 2.75) is 17.9 Å². The average Bonchev–Trinajstić information content (AvgIpc) is 3.42. The lowest BCUT2D eigenvalue weighted by Crippen LogP contribution is -2.05. The van der Waals surface area contributed by atoms with Crippen LogP contribution < -0.4 is 10.1 Å². The maximum Gasteiger partial charge on any atom is 0.277 e. The molecule has 0 saturated heterocycles. The summed E-state index contributed by atoms with van der Waals surface area (Å²) in [6.45, 7) is 1.46. The van der Waals surface area contributed by atoms with E-state index in [1.165, 1.54) is 18.7 Å². The highest BCUT2D eigenvalue weighted by Crippen LogP contribution is 2.30. The highest BCUT2D eigenvalue weighted by atomic mass is 32.2. The van der Waals surface area contributed by atoms with Crippen molar-refractivity contribution < 1.29 is 18.4 Å². The second-order valence-corrected chi connectivity index (χ2v) is 7.05. The smallest absolute Gasteiger partial charge is 0.277 e. The van der Waals surface area contributed by atoms with Gasteiger partial charge in [-0.2, -0.15) is 0 Å². The summed E-state index contributed by atoms with van der Waals surface area (Å²) in [6, 6.07) is 14.6. The van der Waals surface area contributed by atoms with Crippen LogP contribution in [0, 0.1) is 0 Å². The van der Waals surface area contributed by atoms with Crippen molar-refractivity contribution >= 4 is 23.4 Å². The number of carbonyl (C=O) groups is 1. The van der Waals surface area contributed by atoms with E-state index in [0.717, 1.165) is 11.1 Å². The van der Waals surface area contributed by atoms with Crippen molar-refractivity contribution in [3.63, 3.8) is 0 Å². The number of aromatic nitrogens is 4. The van der Waals surface area contributed by atoms with Crippen LogP contribution in [0.25, 0.3) is 22.9 Å². The first-order chi connectivity index (χ1) is 14.6. The van der Waals surface area contributed by atoms with Crippen molar-refractivity contribution in [1.82, 2.24) is 20.4 Å². The summed E-state index contributed by atoms with van der Waals surface area (Å²) in [6.07, 6.45) is 0.